The lowest BCUT2D eigenvalue weighted by atomic mass is 9.93. The number of rotatable bonds is 7. The molecule has 0 spiro atoms. The van der Waals surface area contributed by atoms with Crippen molar-refractivity contribution in [2.45, 2.75) is 13.0 Å². The highest BCUT2D eigenvalue weighted by atomic mass is 16.5. The van der Waals surface area contributed by atoms with Gasteiger partial charge in [-0.05, 0) is 36.8 Å². The third kappa shape index (κ3) is 3.76. The fourth-order valence-electron chi connectivity index (χ4n) is 3.69. The molecule has 1 atom stereocenters. The normalized spacial score (nSPS) is 18.0. The lowest BCUT2D eigenvalue weighted by Gasteiger charge is -2.26. The molecule has 1 heterocycles. The predicted octanol–water partition coefficient (Wildman–Crippen LogP) is 3.08. The number of Topliss-reactive ketones (excluding diaryl/α,β-unsaturated/α-hetero) is 1. The van der Waals surface area contributed by atoms with Gasteiger partial charge in [-0.2, -0.15) is 0 Å². The molecule has 3 rings (SSSR count). The van der Waals surface area contributed by atoms with Crippen molar-refractivity contribution >= 4 is 17.4 Å². The monoisotopic (exact) mass is 411 g/mol. The van der Waals surface area contributed by atoms with Gasteiger partial charge in [0.15, 0.2) is 0 Å². The number of amides is 1. The first kappa shape index (κ1) is 21.4. The van der Waals surface area contributed by atoms with E-state index in [9.17, 15) is 14.7 Å². The fourth-order valence-corrected chi connectivity index (χ4v) is 3.69. The van der Waals surface area contributed by atoms with Gasteiger partial charge >= 0.3 is 0 Å². The lowest BCUT2D eigenvalue weighted by molar-refractivity contribution is -0.140. The van der Waals surface area contributed by atoms with Gasteiger partial charge in [0, 0.05) is 24.8 Å². The Bertz CT molecular complexity index is 997. The molecular weight excluding hydrogens is 386 g/mol. The summed E-state index contributed by atoms with van der Waals surface area (Å²) in [5.74, 6) is -0.509. The van der Waals surface area contributed by atoms with E-state index in [1.807, 2.05) is 0 Å². The van der Waals surface area contributed by atoms with Crippen molar-refractivity contribution in [2.75, 3.05) is 34.5 Å². The Morgan fingerprint density at radius 3 is 2.43 bits per heavy atom. The first-order valence-corrected chi connectivity index (χ1v) is 9.49. The lowest BCUT2D eigenvalue weighted by Crippen LogP contribution is -2.32. The Morgan fingerprint density at radius 2 is 1.80 bits per heavy atom. The van der Waals surface area contributed by atoms with Crippen LogP contribution in [0, 0.1) is 6.92 Å². The van der Waals surface area contributed by atoms with Crippen LogP contribution in [0.4, 0.5) is 0 Å². The van der Waals surface area contributed by atoms with E-state index in [1.54, 1.807) is 56.5 Å². The average Bonchev–Trinajstić information content (AvgIpc) is 3.01. The summed E-state index contributed by atoms with van der Waals surface area (Å²) in [5.41, 5.74) is 1.81. The van der Waals surface area contributed by atoms with Gasteiger partial charge < -0.3 is 24.2 Å². The van der Waals surface area contributed by atoms with Gasteiger partial charge in [-0.3, -0.25) is 9.59 Å². The molecule has 0 bridgehead atoms. The van der Waals surface area contributed by atoms with Crippen molar-refractivity contribution < 1.29 is 28.9 Å². The Kier molecular flexibility index (Phi) is 6.42. The summed E-state index contributed by atoms with van der Waals surface area (Å²) in [6.07, 6.45) is 0. The van der Waals surface area contributed by atoms with Crippen molar-refractivity contribution in [3.63, 3.8) is 0 Å². The van der Waals surface area contributed by atoms with Gasteiger partial charge in [0.1, 0.15) is 17.3 Å². The molecule has 30 heavy (non-hydrogen) atoms. The first-order valence-electron chi connectivity index (χ1n) is 9.49. The van der Waals surface area contributed by atoms with Crippen molar-refractivity contribution in [3.8, 4) is 11.5 Å². The van der Waals surface area contributed by atoms with Gasteiger partial charge in [0.2, 0.25) is 0 Å². The van der Waals surface area contributed by atoms with E-state index in [0.29, 0.717) is 28.2 Å². The Morgan fingerprint density at radius 1 is 1.07 bits per heavy atom. The van der Waals surface area contributed by atoms with Crippen LogP contribution in [0.3, 0.4) is 0 Å². The van der Waals surface area contributed by atoms with E-state index in [-0.39, 0.29) is 24.5 Å². The molecule has 2 aromatic carbocycles. The maximum atomic E-state index is 13.0. The van der Waals surface area contributed by atoms with Crippen LogP contribution in [-0.2, 0) is 14.3 Å². The number of nitrogens with zero attached hydrogens (tertiary/aromatic N) is 1. The number of likely N-dealkylation sites (tertiary alicyclic amines) is 1. The van der Waals surface area contributed by atoms with Crippen LogP contribution in [-0.4, -0.2) is 56.2 Å². The highest BCUT2D eigenvalue weighted by Crippen LogP contribution is 2.42. The molecule has 1 saturated heterocycles. The highest BCUT2D eigenvalue weighted by Gasteiger charge is 2.46. The summed E-state index contributed by atoms with van der Waals surface area (Å²) in [4.78, 5) is 27.2. The van der Waals surface area contributed by atoms with Crippen LogP contribution in [0.25, 0.3) is 5.76 Å². The number of benzene rings is 2. The third-order valence-electron chi connectivity index (χ3n) is 5.20. The zero-order valence-corrected chi connectivity index (χ0v) is 17.5. The van der Waals surface area contributed by atoms with Crippen LogP contribution in [0.5, 0.6) is 11.5 Å². The first-order chi connectivity index (χ1) is 14.4. The summed E-state index contributed by atoms with van der Waals surface area (Å²) in [6.45, 7) is 2.25. The molecule has 0 saturated carbocycles. The smallest absolute Gasteiger partial charge is 0.295 e. The summed E-state index contributed by atoms with van der Waals surface area (Å²) in [6, 6.07) is 11.5. The molecule has 0 aliphatic carbocycles. The minimum atomic E-state index is -0.794. The maximum absolute atomic E-state index is 13.0. The number of hydrogen-bond acceptors (Lipinski definition) is 6. The number of aliphatic hydroxyl groups is 1. The summed E-state index contributed by atoms with van der Waals surface area (Å²) >= 11 is 0. The number of hydrogen-bond donors (Lipinski definition) is 1. The number of aryl methyl sites for hydroxylation is 1. The molecule has 7 nitrogen and oxygen atoms in total. The van der Waals surface area contributed by atoms with Crippen molar-refractivity contribution in [1.29, 1.82) is 0 Å². The minimum Gasteiger partial charge on any atom is -0.507 e. The summed E-state index contributed by atoms with van der Waals surface area (Å²) in [7, 11) is 4.60. The van der Waals surface area contributed by atoms with Crippen LogP contribution in [0.15, 0.2) is 48.0 Å². The Labute approximate surface area is 175 Å². The third-order valence-corrected chi connectivity index (χ3v) is 5.20. The average molecular weight is 411 g/mol. The zero-order chi connectivity index (χ0) is 21.8. The standard InChI is InChI=1S/C23H25NO6/c1-14-13-15(29-3)9-10-16(14)21(25)19-20(17-7-5-6-8-18(17)30-4)24(11-12-28-2)23(27)22(19)26/h5-10,13,20,25H,11-12H2,1-4H3/b21-19+/t20-/m1/s1. The van der Waals surface area contributed by atoms with Gasteiger partial charge in [0.05, 0.1) is 32.4 Å². The zero-order valence-electron chi connectivity index (χ0n) is 17.5. The van der Waals surface area contributed by atoms with Crippen LogP contribution >= 0.6 is 0 Å². The quantitative estimate of drug-likeness (QED) is 0.428. The summed E-state index contributed by atoms with van der Waals surface area (Å²) in [5, 5.41) is 11.2. The SMILES string of the molecule is COCCN1C(=O)C(=O)/C(=C(/O)c2ccc(OC)cc2C)[C@H]1c1ccccc1OC. The second kappa shape index (κ2) is 9.00. The van der Waals surface area contributed by atoms with E-state index in [0.717, 1.165) is 0 Å². The van der Waals surface area contributed by atoms with Crippen LogP contribution < -0.4 is 9.47 Å². The molecule has 2 aromatic rings. The van der Waals surface area contributed by atoms with Crippen LogP contribution in [0.2, 0.25) is 0 Å². The predicted molar refractivity (Wildman–Crippen MR) is 112 cm³/mol. The number of carbonyl (C=O) groups is 2. The maximum Gasteiger partial charge on any atom is 0.295 e. The van der Waals surface area contributed by atoms with Crippen molar-refractivity contribution in [2.24, 2.45) is 0 Å². The number of methoxy groups -OCH3 is 3. The molecule has 1 aliphatic rings. The largest absolute Gasteiger partial charge is 0.507 e. The molecular formula is C23H25NO6. The molecule has 0 radical (unpaired) electrons. The number of ether oxygens (including phenoxy) is 3. The number of aliphatic hydroxyl groups excluding tert-OH is 1. The second-order valence-electron chi connectivity index (χ2n) is 6.91. The minimum absolute atomic E-state index is 0.0221. The fraction of sp³-hybridized carbons (Fsp3) is 0.304. The van der Waals surface area contributed by atoms with E-state index in [2.05, 4.69) is 0 Å². The van der Waals surface area contributed by atoms with Gasteiger partial charge in [0.25, 0.3) is 11.7 Å². The molecule has 0 unspecified atom stereocenters. The number of ketones is 1. The molecule has 1 amide bonds. The summed E-state index contributed by atoms with van der Waals surface area (Å²) < 4.78 is 15.8. The topological polar surface area (TPSA) is 85.3 Å². The van der Waals surface area contributed by atoms with E-state index < -0.39 is 17.7 Å². The molecule has 1 fully saturated rings. The molecule has 0 aromatic heterocycles. The Balaban J connectivity index is 2.22. The highest BCUT2D eigenvalue weighted by molar-refractivity contribution is 6.46. The molecule has 7 heteroatoms. The van der Waals surface area contributed by atoms with Gasteiger partial charge in [-0.15, -0.1) is 0 Å². The molecule has 1 aliphatic heterocycles. The molecule has 1 N–H and O–H groups in total. The van der Waals surface area contributed by atoms with Crippen molar-refractivity contribution in [1.82, 2.24) is 4.90 Å². The van der Waals surface area contributed by atoms with E-state index in [4.69, 9.17) is 14.2 Å². The number of para-hydroxylation sites is 1. The Hall–Kier alpha value is -3.32. The van der Waals surface area contributed by atoms with E-state index in [1.165, 1.54) is 19.1 Å². The van der Waals surface area contributed by atoms with E-state index >= 15 is 0 Å². The van der Waals surface area contributed by atoms with Gasteiger partial charge in [-0.1, -0.05) is 18.2 Å². The van der Waals surface area contributed by atoms with Crippen LogP contribution in [0.1, 0.15) is 22.7 Å². The number of carbonyl (C=O) groups excluding carboxylic acids is 2. The van der Waals surface area contributed by atoms with Crippen molar-refractivity contribution in [3.05, 3.63) is 64.7 Å². The second-order valence-corrected chi connectivity index (χ2v) is 6.91. The molecule has 158 valence electrons. The van der Waals surface area contributed by atoms with Gasteiger partial charge in [-0.25, -0.2) is 0 Å².